The van der Waals surface area contributed by atoms with E-state index in [-0.39, 0.29) is 36.8 Å². The summed E-state index contributed by atoms with van der Waals surface area (Å²) in [6.07, 6.45) is 1.87. The molecule has 2 atom stereocenters. The van der Waals surface area contributed by atoms with Gasteiger partial charge in [0, 0.05) is 38.3 Å². The molecule has 1 amide bonds. The fraction of sp³-hybridized carbons (Fsp3) is 0.474. The highest BCUT2D eigenvalue weighted by Gasteiger charge is 2.32. The number of halogens is 2. The van der Waals surface area contributed by atoms with Gasteiger partial charge in [-0.05, 0) is 6.42 Å². The molecule has 2 unspecified atom stereocenters. The maximum absolute atomic E-state index is 12.5. The Balaban J connectivity index is 0.00000140. The van der Waals surface area contributed by atoms with Crippen LogP contribution < -0.4 is 5.32 Å². The highest BCUT2D eigenvalue weighted by Crippen LogP contribution is 2.21. The quantitative estimate of drug-likeness (QED) is 0.768. The first-order chi connectivity index (χ1) is 12.7. The average molecular weight is 429 g/mol. The number of hydrogen-bond donors (Lipinski definition) is 2. The van der Waals surface area contributed by atoms with Crippen LogP contribution in [0.2, 0.25) is 0 Å². The van der Waals surface area contributed by atoms with E-state index in [1.54, 1.807) is 6.20 Å². The van der Waals surface area contributed by atoms with Crippen molar-refractivity contribution in [3.63, 3.8) is 0 Å². The summed E-state index contributed by atoms with van der Waals surface area (Å²) >= 11 is 0. The Morgan fingerprint density at radius 3 is 2.54 bits per heavy atom. The van der Waals surface area contributed by atoms with Crippen LogP contribution >= 0.6 is 24.8 Å². The SMILES string of the molecule is Cl.Cl.O=C(C1CC(O)CN1)N1CCN(Cc2ncc(-c3ccccc3)o2)CC1. The molecular weight excluding hydrogens is 403 g/mol. The lowest BCUT2D eigenvalue weighted by atomic mass is 10.1. The van der Waals surface area contributed by atoms with Gasteiger partial charge in [-0.3, -0.25) is 9.69 Å². The van der Waals surface area contributed by atoms with Gasteiger partial charge in [0.05, 0.1) is 24.9 Å². The van der Waals surface area contributed by atoms with Crippen LogP contribution in [-0.2, 0) is 11.3 Å². The van der Waals surface area contributed by atoms with Gasteiger partial charge in [-0.25, -0.2) is 4.98 Å². The standard InChI is InChI=1S/C19H24N4O3.2ClH/c24-15-10-16(20-11-15)19(25)23-8-6-22(7-9-23)13-18-21-12-17(26-18)14-4-2-1-3-5-14;;/h1-5,12,15-16,20,24H,6-11,13H2;2*1H. The lowest BCUT2D eigenvalue weighted by Gasteiger charge is -2.35. The minimum atomic E-state index is -0.408. The van der Waals surface area contributed by atoms with E-state index >= 15 is 0 Å². The number of aromatic nitrogens is 1. The van der Waals surface area contributed by atoms with Crippen LogP contribution in [0.5, 0.6) is 0 Å². The van der Waals surface area contributed by atoms with Crippen LogP contribution in [0.4, 0.5) is 0 Å². The average Bonchev–Trinajstić information content (AvgIpc) is 3.32. The summed E-state index contributed by atoms with van der Waals surface area (Å²) in [5.74, 6) is 1.58. The van der Waals surface area contributed by atoms with Crippen LogP contribution in [0.1, 0.15) is 12.3 Å². The highest BCUT2D eigenvalue weighted by molar-refractivity contribution is 5.85. The lowest BCUT2D eigenvalue weighted by Crippen LogP contribution is -2.52. The van der Waals surface area contributed by atoms with Gasteiger partial charge in [0.15, 0.2) is 5.76 Å². The summed E-state index contributed by atoms with van der Waals surface area (Å²) in [4.78, 5) is 21.0. The minimum Gasteiger partial charge on any atom is -0.439 e. The van der Waals surface area contributed by atoms with Crippen LogP contribution in [0.15, 0.2) is 40.9 Å². The second-order valence-corrected chi connectivity index (χ2v) is 6.94. The zero-order valence-corrected chi connectivity index (χ0v) is 17.1. The summed E-state index contributed by atoms with van der Waals surface area (Å²) in [7, 11) is 0. The fourth-order valence-electron chi connectivity index (χ4n) is 3.56. The van der Waals surface area contributed by atoms with E-state index in [9.17, 15) is 9.90 Å². The maximum Gasteiger partial charge on any atom is 0.239 e. The normalized spacial score (nSPS) is 22.4. The number of hydrogen-bond acceptors (Lipinski definition) is 6. The zero-order valence-electron chi connectivity index (χ0n) is 15.5. The van der Waals surface area contributed by atoms with Gasteiger partial charge in [-0.2, -0.15) is 0 Å². The third-order valence-electron chi connectivity index (χ3n) is 5.06. The van der Waals surface area contributed by atoms with Crippen LogP contribution in [0.3, 0.4) is 0 Å². The molecule has 9 heteroatoms. The highest BCUT2D eigenvalue weighted by atomic mass is 35.5. The third-order valence-corrected chi connectivity index (χ3v) is 5.06. The summed E-state index contributed by atoms with van der Waals surface area (Å²) in [5.41, 5.74) is 1.02. The van der Waals surface area contributed by atoms with E-state index in [1.807, 2.05) is 35.2 Å². The van der Waals surface area contributed by atoms with Gasteiger partial charge < -0.3 is 19.7 Å². The predicted octanol–water partition coefficient (Wildman–Crippen LogP) is 1.55. The lowest BCUT2D eigenvalue weighted by molar-refractivity contribution is -0.135. The molecule has 0 radical (unpaired) electrons. The molecule has 1 aromatic carbocycles. The topological polar surface area (TPSA) is 81.8 Å². The van der Waals surface area contributed by atoms with Crippen LogP contribution in [-0.4, -0.2) is 70.7 Å². The van der Waals surface area contributed by atoms with Crippen molar-refractivity contribution in [1.82, 2.24) is 20.1 Å². The van der Waals surface area contributed by atoms with Crippen molar-refractivity contribution in [2.24, 2.45) is 0 Å². The van der Waals surface area contributed by atoms with E-state index in [0.717, 1.165) is 24.4 Å². The van der Waals surface area contributed by atoms with E-state index < -0.39 is 6.10 Å². The van der Waals surface area contributed by atoms with Crippen molar-refractivity contribution in [2.75, 3.05) is 32.7 Å². The van der Waals surface area contributed by atoms with Crippen molar-refractivity contribution in [1.29, 1.82) is 0 Å². The Labute approximate surface area is 176 Å². The van der Waals surface area contributed by atoms with Crippen molar-refractivity contribution >= 4 is 30.7 Å². The second-order valence-electron chi connectivity index (χ2n) is 6.94. The Kier molecular flexibility index (Phi) is 8.27. The number of amides is 1. The molecule has 2 aromatic rings. The molecule has 0 bridgehead atoms. The van der Waals surface area contributed by atoms with Crippen LogP contribution in [0, 0.1) is 0 Å². The van der Waals surface area contributed by atoms with Gasteiger partial charge in [0.25, 0.3) is 0 Å². The molecule has 7 nitrogen and oxygen atoms in total. The summed E-state index contributed by atoms with van der Waals surface area (Å²) < 4.78 is 5.87. The molecule has 154 valence electrons. The molecule has 0 saturated carbocycles. The summed E-state index contributed by atoms with van der Waals surface area (Å²) in [5, 5.41) is 12.7. The van der Waals surface area contributed by atoms with Crippen LogP contribution in [0.25, 0.3) is 11.3 Å². The zero-order chi connectivity index (χ0) is 17.9. The molecule has 2 aliphatic heterocycles. The second kappa shape index (κ2) is 10.2. The van der Waals surface area contributed by atoms with E-state index in [0.29, 0.717) is 38.5 Å². The monoisotopic (exact) mass is 428 g/mol. The van der Waals surface area contributed by atoms with Gasteiger partial charge >= 0.3 is 0 Å². The van der Waals surface area contributed by atoms with Crippen molar-refractivity contribution in [3.8, 4) is 11.3 Å². The summed E-state index contributed by atoms with van der Waals surface area (Å²) in [6.45, 7) is 4.13. The third kappa shape index (κ3) is 5.24. The van der Waals surface area contributed by atoms with E-state index in [2.05, 4.69) is 15.2 Å². The number of nitrogens with zero attached hydrogens (tertiary/aromatic N) is 3. The van der Waals surface area contributed by atoms with E-state index in [4.69, 9.17) is 4.42 Å². The number of aliphatic hydroxyl groups is 1. The number of nitrogens with one attached hydrogen (secondary N) is 1. The van der Waals surface area contributed by atoms with Crippen molar-refractivity contribution < 1.29 is 14.3 Å². The minimum absolute atomic E-state index is 0. The number of β-amino-alcohol motifs (C(OH)–C–C–N with tert-alkyl or cyclic N) is 1. The molecule has 2 N–H and O–H groups in total. The molecule has 28 heavy (non-hydrogen) atoms. The number of oxazole rings is 1. The Hall–Kier alpha value is -1.64. The van der Waals surface area contributed by atoms with E-state index in [1.165, 1.54) is 0 Å². The molecule has 2 fully saturated rings. The largest absolute Gasteiger partial charge is 0.439 e. The Morgan fingerprint density at radius 2 is 1.89 bits per heavy atom. The number of aliphatic hydroxyl groups excluding tert-OH is 1. The van der Waals surface area contributed by atoms with Crippen molar-refractivity contribution in [3.05, 3.63) is 42.4 Å². The molecule has 1 aromatic heterocycles. The number of piperazine rings is 1. The Morgan fingerprint density at radius 1 is 1.18 bits per heavy atom. The molecule has 3 heterocycles. The van der Waals surface area contributed by atoms with Gasteiger partial charge in [-0.15, -0.1) is 24.8 Å². The fourth-order valence-corrected chi connectivity index (χ4v) is 3.56. The predicted molar refractivity (Wildman–Crippen MR) is 111 cm³/mol. The molecule has 2 aliphatic rings. The van der Waals surface area contributed by atoms with Gasteiger partial charge in [0.2, 0.25) is 11.8 Å². The molecule has 0 aliphatic carbocycles. The number of carbonyl (C=O) groups excluding carboxylic acids is 1. The molecule has 4 rings (SSSR count). The number of rotatable bonds is 4. The first-order valence-electron chi connectivity index (χ1n) is 9.12. The summed E-state index contributed by atoms with van der Waals surface area (Å²) in [6, 6.07) is 9.70. The number of carbonyl (C=O) groups is 1. The van der Waals surface area contributed by atoms with Gasteiger partial charge in [-0.1, -0.05) is 30.3 Å². The Bertz CT molecular complexity index is 751. The maximum atomic E-state index is 12.5. The first-order valence-corrected chi connectivity index (χ1v) is 9.12. The smallest absolute Gasteiger partial charge is 0.239 e. The first kappa shape index (κ1) is 22.6. The van der Waals surface area contributed by atoms with Gasteiger partial charge in [0.1, 0.15) is 0 Å². The van der Waals surface area contributed by atoms with Crippen molar-refractivity contribution in [2.45, 2.75) is 25.1 Å². The molecule has 0 spiro atoms. The molecule has 2 saturated heterocycles. The number of benzene rings is 1. The molecular formula is C19H26Cl2N4O3.